The quantitative estimate of drug-likeness (QED) is 0.864. The largest absolute Gasteiger partial charge is 0.325 e. The first-order chi connectivity index (χ1) is 8.78. The van der Waals surface area contributed by atoms with Gasteiger partial charge in [0.1, 0.15) is 0 Å². The van der Waals surface area contributed by atoms with E-state index in [4.69, 9.17) is 5.26 Å². The Morgan fingerprint density at radius 3 is 2.89 bits per heavy atom. The van der Waals surface area contributed by atoms with Gasteiger partial charge in [0.25, 0.3) is 0 Å². The van der Waals surface area contributed by atoms with Crippen LogP contribution in [-0.4, -0.2) is 30.0 Å². The number of carbonyl (C=O) groups is 1. The molecule has 94 valence electrons. The van der Waals surface area contributed by atoms with Crippen LogP contribution in [0.3, 0.4) is 0 Å². The van der Waals surface area contributed by atoms with Gasteiger partial charge in [-0.3, -0.25) is 4.79 Å². The van der Waals surface area contributed by atoms with Crippen LogP contribution in [0.2, 0.25) is 0 Å². The number of nitrogens with zero attached hydrogens (tertiary/aromatic N) is 1. The van der Waals surface area contributed by atoms with E-state index in [1.165, 1.54) is 0 Å². The molecule has 1 unspecified atom stereocenters. The molecule has 1 heterocycles. The molecule has 1 aliphatic heterocycles. The van der Waals surface area contributed by atoms with Crippen LogP contribution >= 0.6 is 11.8 Å². The molecule has 2 N–H and O–H groups in total. The van der Waals surface area contributed by atoms with Gasteiger partial charge in [0.15, 0.2) is 0 Å². The van der Waals surface area contributed by atoms with E-state index in [-0.39, 0.29) is 5.91 Å². The molecular weight excluding hydrogens is 246 g/mol. The first-order valence-electron chi connectivity index (χ1n) is 5.90. The second kappa shape index (κ2) is 6.43. The number of nitriles is 1. The van der Waals surface area contributed by atoms with E-state index in [0.717, 1.165) is 25.2 Å². The third-order valence-corrected chi connectivity index (χ3v) is 4.07. The molecule has 2 rings (SSSR count). The van der Waals surface area contributed by atoms with Crippen LogP contribution in [0.15, 0.2) is 24.3 Å². The molecule has 1 fully saturated rings. The number of thioether (sulfide) groups is 1. The molecule has 0 bridgehead atoms. The van der Waals surface area contributed by atoms with Crippen LogP contribution in [0.4, 0.5) is 5.69 Å². The van der Waals surface area contributed by atoms with E-state index in [2.05, 4.69) is 10.6 Å². The van der Waals surface area contributed by atoms with Gasteiger partial charge in [0.2, 0.25) is 5.91 Å². The number of amides is 1. The fraction of sp³-hybridized carbons (Fsp3) is 0.385. The Hall–Kier alpha value is -1.51. The topological polar surface area (TPSA) is 64.9 Å². The zero-order chi connectivity index (χ0) is 12.8. The van der Waals surface area contributed by atoms with Crippen molar-refractivity contribution in [1.29, 1.82) is 5.26 Å². The fourth-order valence-electron chi connectivity index (χ4n) is 1.79. The molecule has 0 radical (unpaired) electrons. The van der Waals surface area contributed by atoms with Gasteiger partial charge in [-0.1, -0.05) is 0 Å². The van der Waals surface area contributed by atoms with Crippen molar-refractivity contribution in [2.45, 2.75) is 11.7 Å². The summed E-state index contributed by atoms with van der Waals surface area (Å²) in [7, 11) is 0. The van der Waals surface area contributed by atoms with Crippen LogP contribution < -0.4 is 10.6 Å². The van der Waals surface area contributed by atoms with Crippen molar-refractivity contribution < 1.29 is 4.79 Å². The predicted octanol–water partition coefficient (Wildman–Crippen LogP) is 1.59. The smallest absolute Gasteiger partial charge is 0.234 e. The molecule has 1 aliphatic rings. The molecule has 1 saturated heterocycles. The van der Waals surface area contributed by atoms with Crippen molar-refractivity contribution in [1.82, 2.24) is 5.32 Å². The standard InChI is InChI=1S/C13H15N3OS/c14-7-10-1-3-11(4-2-10)16-13(17)9-18-12-5-6-15-8-12/h1-4,12,15H,5-6,8-9H2,(H,16,17). The zero-order valence-electron chi connectivity index (χ0n) is 9.98. The van der Waals surface area contributed by atoms with Crippen LogP contribution in [-0.2, 0) is 4.79 Å². The fourth-order valence-corrected chi connectivity index (χ4v) is 2.77. The van der Waals surface area contributed by atoms with Crippen LogP contribution in [0.1, 0.15) is 12.0 Å². The van der Waals surface area contributed by atoms with Gasteiger partial charge < -0.3 is 10.6 Å². The molecule has 5 heteroatoms. The van der Waals surface area contributed by atoms with Gasteiger partial charge in [-0.2, -0.15) is 5.26 Å². The average Bonchev–Trinajstić information content (AvgIpc) is 2.90. The maximum absolute atomic E-state index is 11.7. The van der Waals surface area contributed by atoms with Gasteiger partial charge in [0.05, 0.1) is 17.4 Å². The molecule has 1 amide bonds. The number of anilines is 1. The summed E-state index contributed by atoms with van der Waals surface area (Å²) in [6, 6.07) is 8.94. The van der Waals surface area contributed by atoms with Crippen molar-refractivity contribution in [2.75, 3.05) is 24.2 Å². The molecule has 1 atom stereocenters. The third-order valence-electron chi connectivity index (χ3n) is 2.76. The molecule has 0 aliphatic carbocycles. The lowest BCUT2D eigenvalue weighted by molar-refractivity contribution is -0.113. The van der Waals surface area contributed by atoms with Gasteiger partial charge >= 0.3 is 0 Å². The van der Waals surface area contributed by atoms with Gasteiger partial charge in [-0.15, -0.1) is 11.8 Å². The number of hydrogen-bond donors (Lipinski definition) is 2. The summed E-state index contributed by atoms with van der Waals surface area (Å²) in [5.41, 5.74) is 1.34. The molecule has 0 spiro atoms. The molecule has 1 aromatic rings. The summed E-state index contributed by atoms with van der Waals surface area (Å²) in [5.74, 6) is 0.489. The highest BCUT2D eigenvalue weighted by Crippen LogP contribution is 2.17. The number of hydrogen-bond acceptors (Lipinski definition) is 4. The van der Waals surface area contributed by atoms with Gasteiger partial charge in [-0.05, 0) is 37.2 Å². The molecule has 0 aromatic heterocycles. The van der Waals surface area contributed by atoms with Crippen LogP contribution in [0.5, 0.6) is 0 Å². The van der Waals surface area contributed by atoms with E-state index in [9.17, 15) is 4.79 Å². The van der Waals surface area contributed by atoms with Crippen molar-refractivity contribution >= 4 is 23.4 Å². The van der Waals surface area contributed by atoms with E-state index < -0.39 is 0 Å². The first kappa shape index (κ1) is 12.9. The van der Waals surface area contributed by atoms with Gasteiger partial charge in [-0.25, -0.2) is 0 Å². The normalized spacial score (nSPS) is 18.3. The summed E-state index contributed by atoms with van der Waals surface area (Å²) in [4.78, 5) is 11.7. The lowest BCUT2D eigenvalue weighted by Gasteiger charge is -2.08. The number of benzene rings is 1. The summed E-state index contributed by atoms with van der Waals surface area (Å²) < 4.78 is 0. The summed E-state index contributed by atoms with van der Waals surface area (Å²) in [6.45, 7) is 2.05. The molecule has 1 aromatic carbocycles. The predicted molar refractivity (Wildman–Crippen MR) is 73.5 cm³/mol. The summed E-state index contributed by atoms with van der Waals surface area (Å²) in [5, 5.41) is 15.3. The van der Waals surface area contributed by atoms with E-state index in [1.54, 1.807) is 36.0 Å². The molecule has 18 heavy (non-hydrogen) atoms. The maximum atomic E-state index is 11.7. The average molecular weight is 261 g/mol. The highest BCUT2D eigenvalue weighted by Gasteiger charge is 2.16. The Bertz CT molecular complexity index is 446. The van der Waals surface area contributed by atoms with Crippen molar-refractivity contribution in [2.24, 2.45) is 0 Å². The second-order valence-electron chi connectivity index (χ2n) is 4.16. The van der Waals surface area contributed by atoms with E-state index >= 15 is 0 Å². The Kier molecular flexibility index (Phi) is 4.62. The van der Waals surface area contributed by atoms with E-state index in [1.807, 2.05) is 6.07 Å². The Morgan fingerprint density at radius 2 is 2.28 bits per heavy atom. The zero-order valence-corrected chi connectivity index (χ0v) is 10.8. The summed E-state index contributed by atoms with van der Waals surface area (Å²) in [6.07, 6.45) is 1.13. The van der Waals surface area contributed by atoms with Gasteiger partial charge in [0, 0.05) is 17.5 Å². The van der Waals surface area contributed by atoms with Crippen LogP contribution in [0.25, 0.3) is 0 Å². The minimum Gasteiger partial charge on any atom is -0.325 e. The molecule has 4 nitrogen and oxygen atoms in total. The number of carbonyl (C=O) groups excluding carboxylic acids is 1. The second-order valence-corrected chi connectivity index (χ2v) is 5.45. The Labute approximate surface area is 111 Å². The Balaban J connectivity index is 1.77. The monoisotopic (exact) mass is 261 g/mol. The third kappa shape index (κ3) is 3.76. The SMILES string of the molecule is N#Cc1ccc(NC(=O)CSC2CCNC2)cc1. The lowest BCUT2D eigenvalue weighted by Crippen LogP contribution is -2.17. The molecular formula is C13H15N3OS. The first-order valence-corrected chi connectivity index (χ1v) is 6.95. The minimum atomic E-state index is 0.0107. The highest BCUT2D eigenvalue weighted by molar-refractivity contribution is 8.00. The van der Waals surface area contributed by atoms with Crippen LogP contribution in [0, 0.1) is 11.3 Å². The van der Waals surface area contributed by atoms with E-state index in [0.29, 0.717) is 16.6 Å². The Morgan fingerprint density at radius 1 is 1.50 bits per heavy atom. The van der Waals surface area contributed by atoms with Crippen molar-refractivity contribution in [3.05, 3.63) is 29.8 Å². The van der Waals surface area contributed by atoms with Crippen molar-refractivity contribution in [3.8, 4) is 6.07 Å². The summed E-state index contributed by atoms with van der Waals surface area (Å²) >= 11 is 1.69. The number of rotatable bonds is 4. The number of nitrogens with one attached hydrogen (secondary N) is 2. The van der Waals surface area contributed by atoms with Crippen molar-refractivity contribution in [3.63, 3.8) is 0 Å². The molecule has 0 saturated carbocycles. The highest BCUT2D eigenvalue weighted by atomic mass is 32.2. The maximum Gasteiger partial charge on any atom is 0.234 e. The lowest BCUT2D eigenvalue weighted by atomic mass is 10.2. The minimum absolute atomic E-state index is 0.0107.